The average molecular weight is 203 g/mol. The van der Waals surface area contributed by atoms with Crippen molar-refractivity contribution in [2.24, 2.45) is 0 Å². The van der Waals surface area contributed by atoms with Crippen LogP contribution in [-0.2, 0) is 9.53 Å². The zero-order valence-electron chi connectivity index (χ0n) is 8.10. The third-order valence-corrected chi connectivity index (χ3v) is 1.73. The summed E-state index contributed by atoms with van der Waals surface area (Å²) < 4.78 is 4.42. The van der Waals surface area contributed by atoms with Crippen LogP contribution < -0.4 is 0 Å². The molecule has 1 aromatic carbocycles. The van der Waals surface area contributed by atoms with Gasteiger partial charge in [-0.15, -0.1) is 0 Å². The number of benzene rings is 1. The number of phenols is 1. The standard InChI is InChI=1S/C11H9NO3/c1-15-11(14)9(7-12)6-8-2-4-10(13)5-3-8/h2-6,13H,1H3. The molecule has 15 heavy (non-hydrogen) atoms. The van der Waals surface area contributed by atoms with Crippen molar-refractivity contribution in [2.75, 3.05) is 7.11 Å². The van der Waals surface area contributed by atoms with E-state index in [0.717, 1.165) is 0 Å². The number of phenolic OH excluding ortho intramolecular Hbond substituents is 1. The van der Waals surface area contributed by atoms with Crippen LogP contribution in [0.4, 0.5) is 0 Å². The molecule has 0 saturated carbocycles. The summed E-state index contributed by atoms with van der Waals surface area (Å²) in [6.45, 7) is 0. The first kappa shape index (κ1) is 10.8. The maximum atomic E-state index is 11.1. The second kappa shape index (κ2) is 4.82. The van der Waals surface area contributed by atoms with Crippen molar-refractivity contribution in [1.82, 2.24) is 0 Å². The largest absolute Gasteiger partial charge is 0.508 e. The maximum absolute atomic E-state index is 11.1. The van der Waals surface area contributed by atoms with E-state index in [-0.39, 0.29) is 11.3 Å². The molecule has 0 bridgehead atoms. The van der Waals surface area contributed by atoms with Gasteiger partial charge in [-0.1, -0.05) is 12.1 Å². The van der Waals surface area contributed by atoms with Gasteiger partial charge in [0.25, 0.3) is 0 Å². The van der Waals surface area contributed by atoms with Crippen LogP contribution >= 0.6 is 0 Å². The van der Waals surface area contributed by atoms with Crippen molar-refractivity contribution in [3.63, 3.8) is 0 Å². The number of aromatic hydroxyl groups is 1. The van der Waals surface area contributed by atoms with Gasteiger partial charge in [0, 0.05) is 0 Å². The number of carbonyl (C=O) groups is 1. The Labute approximate surface area is 87.0 Å². The number of hydrogen-bond donors (Lipinski definition) is 1. The molecule has 0 aliphatic carbocycles. The van der Waals surface area contributed by atoms with Crippen LogP contribution in [0.2, 0.25) is 0 Å². The number of rotatable bonds is 2. The predicted octanol–water partition coefficient (Wildman–Crippen LogP) is 1.47. The lowest BCUT2D eigenvalue weighted by Crippen LogP contribution is -2.02. The Morgan fingerprint density at radius 3 is 2.53 bits per heavy atom. The second-order valence-corrected chi connectivity index (χ2v) is 2.75. The monoisotopic (exact) mass is 203 g/mol. The van der Waals surface area contributed by atoms with E-state index in [2.05, 4.69) is 4.74 Å². The zero-order chi connectivity index (χ0) is 11.3. The molecule has 4 nitrogen and oxygen atoms in total. The highest BCUT2D eigenvalue weighted by atomic mass is 16.5. The molecular weight excluding hydrogens is 194 g/mol. The Morgan fingerprint density at radius 2 is 2.07 bits per heavy atom. The van der Waals surface area contributed by atoms with Crippen LogP contribution in [0.25, 0.3) is 6.08 Å². The van der Waals surface area contributed by atoms with Gasteiger partial charge in [-0.2, -0.15) is 5.26 Å². The number of hydrogen-bond acceptors (Lipinski definition) is 4. The Morgan fingerprint density at radius 1 is 1.47 bits per heavy atom. The van der Waals surface area contributed by atoms with Gasteiger partial charge in [0.2, 0.25) is 0 Å². The molecule has 0 fully saturated rings. The molecule has 0 aromatic heterocycles. The highest BCUT2D eigenvalue weighted by Crippen LogP contribution is 2.12. The van der Waals surface area contributed by atoms with Crippen LogP contribution in [-0.4, -0.2) is 18.2 Å². The zero-order valence-corrected chi connectivity index (χ0v) is 8.10. The molecule has 0 aliphatic rings. The highest BCUT2D eigenvalue weighted by Gasteiger charge is 2.07. The van der Waals surface area contributed by atoms with E-state index in [1.165, 1.54) is 25.3 Å². The molecule has 0 saturated heterocycles. The van der Waals surface area contributed by atoms with Crippen molar-refractivity contribution in [2.45, 2.75) is 0 Å². The minimum atomic E-state index is -0.675. The third-order valence-electron chi connectivity index (χ3n) is 1.73. The van der Waals surface area contributed by atoms with Crippen LogP contribution in [0.1, 0.15) is 5.56 Å². The normalized spacial score (nSPS) is 10.5. The first-order valence-electron chi connectivity index (χ1n) is 4.16. The molecule has 0 spiro atoms. The molecule has 0 atom stereocenters. The minimum absolute atomic E-state index is 0.0804. The lowest BCUT2D eigenvalue weighted by atomic mass is 10.1. The second-order valence-electron chi connectivity index (χ2n) is 2.75. The highest BCUT2D eigenvalue weighted by molar-refractivity contribution is 5.97. The summed E-state index contributed by atoms with van der Waals surface area (Å²) in [5.74, 6) is -0.547. The molecule has 76 valence electrons. The summed E-state index contributed by atoms with van der Waals surface area (Å²) in [6, 6.07) is 7.87. The predicted molar refractivity (Wildman–Crippen MR) is 53.7 cm³/mol. The minimum Gasteiger partial charge on any atom is -0.508 e. The van der Waals surface area contributed by atoms with E-state index < -0.39 is 5.97 Å². The van der Waals surface area contributed by atoms with Gasteiger partial charge in [-0.05, 0) is 23.8 Å². The fraction of sp³-hybridized carbons (Fsp3) is 0.0909. The summed E-state index contributed by atoms with van der Waals surface area (Å²) in [6.07, 6.45) is 1.39. The number of ether oxygens (including phenoxy) is 1. The maximum Gasteiger partial charge on any atom is 0.348 e. The molecule has 0 amide bonds. The Kier molecular flexibility index (Phi) is 3.47. The van der Waals surface area contributed by atoms with Gasteiger partial charge in [-0.3, -0.25) is 0 Å². The quantitative estimate of drug-likeness (QED) is 0.449. The van der Waals surface area contributed by atoms with Crippen LogP contribution in [0.15, 0.2) is 29.8 Å². The SMILES string of the molecule is COC(=O)C(C#N)=Cc1ccc(O)cc1. The van der Waals surface area contributed by atoms with Crippen molar-refractivity contribution < 1.29 is 14.6 Å². The molecule has 1 rings (SSSR count). The fourth-order valence-corrected chi connectivity index (χ4v) is 0.984. The van der Waals surface area contributed by atoms with E-state index in [9.17, 15) is 4.79 Å². The molecule has 0 unspecified atom stereocenters. The van der Waals surface area contributed by atoms with Gasteiger partial charge in [0.15, 0.2) is 0 Å². The van der Waals surface area contributed by atoms with Crippen molar-refractivity contribution >= 4 is 12.0 Å². The first-order valence-corrected chi connectivity index (χ1v) is 4.16. The van der Waals surface area contributed by atoms with E-state index in [1.54, 1.807) is 18.2 Å². The van der Waals surface area contributed by atoms with E-state index in [1.807, 2.05) is 0 Å². The lowest BCUT2D eigenvalue weighted by Gasteiger charge is -1.97. The molecule has 1 N–H and O–H groups in total. The van der Waals surface area contributed by atoms with Gasteiger partial charge in [0.1, 0.15) is 17.4 Å². The summed E-state index contributed by atoms with van der Waals surface area (Å²) >= 11 is 0. The van der Waals surface area contributed by atoms with Gasteiger partial charge < -0.3 is 9.84 Å². The molecule has 0 heterocycles. The smallest absolute Gasteiger partial charge is 0.348 e. The van der Waals surface area contributed by atoms with Crippen molar-refractivity contribution in [3.8, 4) is 11.8 Å². The van der Waals surface area contributed by atoms with Crippen LogP contribution in [0.3, 0.4) is 0 Å². The van der Waals surface area contributed by atoms with Crippen LogP contribution in [0, 0.1) is 11.3 Å². The fourth-order valence-electron chi connectivity index (χ4n) is 0.984. The number of nitrogens with zero attached hydrogens (tertiary/aromatic N) is 1. The molecule has 1 aromatic rings. The summed E-state index contributed by atoms with van der Waals surface area (Å²) in [5.41, 5.74) is 0.568. The van der Waals surface area contributed by atoms with Crippen molar-refractivity contribution in [3.05, 3.63) is 35.4 Å². The number of carbonyl (C=O) groups excluding carboxylic acids is 1. The van der Waals surface area contributed by atoms with Crippen LogP contribution in [0.5, 0.6) is 5.75 Å². The van der Waals surface area contributed by atoms with Gasteiger partial charge in [0.05, 0.1) is 7.11 Å². The Balaban J connectivity index is 3.00. The molecule has 0 aliphatic heterocycles. The van der Waals surface area contributed by atoms with Gasteiger partial charge in [-0.25, -0.2) is 4.79 Å². The lowest BCUT2D eigenvalue weighted by molar-refractivity contribution is -0.135. The van der Waals surface area contributed by atoms with E-state index in [0.29, 0.717) is 5.56 Å². The number of methoxy groups -OCH3 is 1. The molecule has 0 radical (unpaired) electrons. The van der Waals surface area contributed by atoms with E-state index in [4.69, 9.17) is 10.4 Å². The topological polar surface area (TPSA) is 70.3 Å². The molecule has 4 heteroatoms. The summed E-state index contributed by atoms with van der Waals surface area (Å²) in [7, 11) is 1.21. The first-order chi connectivity index (χ1) is 7.17. The Bertz CT molecular complexity index is 426. The van der Waals surface area contributed by atoms with E-state index >= 15 is 0 Å². The summed E-state index contributed by atoms with van der Waals surface area (Å²) in [5, 5.41) is 17.7. The number of nitriles is 1. The number of esters is 1. The molecular formula is C11H9NO3. The van der Waals surface area contributed by atoms with Gasteiger partial charge >= 0.3 is 5.97 Å². The Hall–Kier alpha value is -2.28. The van der Waals surface area contributed by atoms with Crippen molar-refractivity contribution in [1.29, 1.82) is 5.26 Å². The average Bonchev–Trinajstić information content (AvgIpc) is 2.27. The summed E-state index contributed by atoms with van der Waals surface area (Å²) in [4.78, 5) is 11.1. The third kappa shape index (κ3) is 2.85.